The van der Waals surface area contributed by atoms with Crippen molar-refractivity contribution in [1.29, 1.82) is 0 Å². The molecule has 12 heteroatoms. The monoisotopic (exact) mass is 574 g/mol. The number of rotatable bonds is 9. The minimum absolute atomic E-state index is 0.0177. The minimum Gasteiger partial charge on any atom is -0.477 e. The average molecular weight is 575 g/mol. The lowest BCUT2D eigenvalue weighted by Gasteiger charge is -2.19. The Morgan fingerprint density at radius 2 is 1.89 bits per heavy atom. The molecule has 0 saturated heterocycles. The first-order valence-corrected chi connectivity index (χ1v) is 13.9. The van der Waals surface area contributed by atoms with Crippen LogP contribution in [0, 0.1) is 0 Å². The topological polar surface area (TPSA) is 106 Å². The molecule has 37 heavy (non-hydrogen) atoms. The first-order valence-electron chi connectivity index (χ1n) is 10.7. The number of aromatic carboxylic acids is 1. The van der Waals surface area contributed by atoms with Gasteiger partial charge in [-0.25, -0.2) is 9.79 Å². The van der Waals surface area contributed by atoms with Crippen LogP contribution in [-0.2, 0) is 16.1 Å². The number of thiophene rings is 1. The maximum absolute atomic E-state index is 13.6. The normalized spacial score (nSPS) is 13.0. The Morgan fingerprint density at radius 3 is 2.51 bits per heavy atom. The molecule has 0 radical (unpaired) electrons. The van der Waals surface area contributed by atoms with Crippen LogP contribution in [0.15, 0.2) is 72.2 Å². The van der Waals surface area contributed by atoms with Gasteiger partial charge >= 0.3 is 13.5 Å². The minimum atomic E-state index is -3.76. The van der Waals surface area contributed by atoms with Gasteiger partial charge in [-0.3, -0.25) is 9.25 Å². The Kier molecular flexibility index (Phi) is 8.02. The second-order valence-electron chi connectivity index (χ2n) is 7.70. The van der Waals surface area contributed by atoms with E-state index in [0.717, 1.165) is 28.2 Å². The highest BCUT2D eigenvalue weighted by molar-refractivity contribution is 7.68. The molecule has 0 amide bonds. The van der Waals surface area contributed by atoms with Gasteiger partial charge in [-0.05, 0) is 29.8 Å². The summed E-state index contributed by atoms with van der Waals surface area (Å²) in [6.07, 6.45) is 3.18. The van der Waals surface area contributed by atoms with Gasteiger partial charge in [0.25, 0.3) is 0 Å². The largest absolute Gasteiger partial charge is 0.477 e. The fourth-order valence-electron chi connectivity index (χ4n) is 3.51. The molecule has 2 N–H and O–H groups in total. The summed E-state index contributed by atoms with van der Waals surface area (Å²) in [6.45, 7) is 3.62. The smallest absolute Gasteiger partial charge is 0.348 e. The average Bonchev–Trinajstić information content (AvgIpc) is 3.46. The molecule has 0 fully saturated rings. The highest BCUT2D eigenvalue weighted by atomic mass is 35.5. The molecule has 190 valence electrons. The van der Waals surface area contributed by atoms with E-state index in [1.54, 1.807) is 30.1 Å². The number of allylic oxidation sites excluding steroid dienone is 1. The third-order valence-electron chi connectivity index (χ3n) is 5.31. The predicted molar refractivity (Wildman–Crippen MR) is 152 cm³/mol. The number of aliphatic imine (C=N–C) groups is 1. The maximum Gasteiger partial charge on any atom is 0.348 e. The summed E-state index contributed by atoms with van der Waals surface area (Å²) in [6, 6.07) is 15.5. The van der Waals surface area contributed by atoms with Crippen molar-refractivity contribution in [2.45, 2.75) is 0 Å². The lowest BCUT2D eigenvalue weighted by Crippen LogP contribution is -2.15. The van der Waals surface area contributed by atoms with E-state index in [4.69, 9.17) is 27.7 Å². The molecule has 0 saturated carbocycles. The maximum atomic E-state index is 13.6. The van der Waals surface area contributed by atoms with Crippen LogP contribution in [0.2, 0.25) is 10.0 Å². The number of halogens is 2. The zero-order valence-electron chi connectivity index (χ0n) is 19.7. The van der Waals surface area contributed by atoms with E-state index in [1.807, 2.05) is 30.3 Å². The molecule has 2 aromatic carbocycles. The van der Waals surface area contributed by atoms with Gasteiger partial charge in [0.15, 0.2) is 5.82 Å². The van der Waals surface area contributed by atoms with Crippen LogP contribution in [0.5, 0.6) is 0 Å². The summed E-state index contributed by atoms with van der Waals surface area (Å²) < 4.78 is 20.6. The summed E-state index contributed by atoms with van der Waals surface area (Å²) in [7, 11) is -0.697. The molecule has 4 rings (SSSR count). The number of anilines is 1. The molecule has 4 aromatic rings. The van der Waals surface area contributed by atoms with Crippen molar-refractivity contribution in [3.05, 3.63) is 82.2 Å². The third-order valence-corrected chi connectivity index (χ3v) is 9.24. The number of aryl methyl sites for hydroxylation is 1. The van der Waals surface area contributed by atoms with Crippen molar-refractivity contribution < 1.29 is 19.0 Å². The van der Waals surface area contributed by atoms with Crippen molar-refractivity contribution in [3.8, 4) is 21.7 Å². The Balaban J connectivity index is 1.66. The van der Waals surface area contributed by atoms with E-state index in [0.29, 0.717) is 15.7 Å². The predicted octanol–water partition coefficient (Wildman–Crippen LogP) is 7.29. The molecule has 0 aliphatic carbocycles. The van der Waals surface area contributed by atoms with E-state index in [1.165, 1.54) is 25.3 Å². The molecule has 1 atom stereocenters. The Bertz CT molecular complexity index is 1560. The molecule has 0 bridgehead atoms. The van der Waals surface area contributed by atoms with Gasteiger partial charge in [-0.15, -0.1) is 11.3 Å². The third kappa shape index (κ3) is 5.71. The number of carbonyl (C=O) groups is 1. The van der Waals surface area contributed by atoms with Crippen LogP contribution >= 0.6 is 42.1 Å². The fourth-order valence-corrected chi connectivity index (χ4v) is 6.81. The Labute approximate surface area is 227 Å². The van der Waals surface area contributed by atoms with Crippen LogP contribution in [0.1, 0.15) is 9.67 Å². The number of benzene rings is 2. The van der Waals surface area contributed by atoms with E-state index in [9.17, 15) is 14.5 Å². The van der Waals surface area contributed by atoms with Crippen LogP contribution in [-0.4, -0.2) is 34.2 Å². The number of hydrogen-bond donors (Lipinski definition) is 2. The Morgan fingerprint density at radius 1 is 1.19 bits per heavy atom. The second-order valence-corrected chi connectivity index (χ2v) is 11.8. The molecule has 1 unspecified atom stereocenters. The highest BCUT2D eigenvalue weighted by Gasteiger charge is 2.30. The molecule has 0 spiro atoms. The van der Waals surface area contributed by atoms with Gasteiger partial charge < -0.3 is 14.7 Å². The van der Waals surface area contributed by atoms with Crippen LogP contribution in [0.25, 0.3) is 21.7 Å². The van der Waals surface area contributed by atoms with Crippen molar-refractivity contribution in [1.82, 2.24) is 9.78 Å². The van der Waals surface area contributed by atoms with E-state index in [-0.39, 0.29) is 20.9 Å². The lowest BCUT2D eigenvalue weighted by atomic mass is 10.1. The zero-order chi connectivity index (χ0) is 26.7. The summed E-state index contributed by atoms with van der Waals surface area (Å²) in [5, 5.41) is 17.8. The highest BCUT2D eigenvalue weighted by Crippen LogP contribution is 2.49. The van der Waals surface area contributed by atoms with Crippen molar-refractivity contribution in [2.24, 2.45) is 12.0 Å². The first kappa shape index (κ1) is 26.9. The lowest BCUT2D eigenvalue weighted by molar-refractivity contribution is 0.0703. The van der Waals surface area contributed by atoms with Crippen molar-refractivity contribution in [2.75, 3.05) is 12.2 Å². The number of carboxylic acid groups (broad SMARTS) is 1. The molecule has 8 nitrogen and oxygen atoms in total. The van der Waals surface area contributed by atoms with Gasteiger partial charge in [-0.2, -0.15) is 5.10 Å². The van der Waals surface area contributed by atoms with Crippen LogP contribution in [0.3, 0.4) is 0 Å². The van der Waals surface area contributed by atoms with Gasteiger partial charge in [0.05, 0.1) is 21.7 Å². The quantitative estimate of drug-likeness (QED) is 0.160. The summed E-state index contributed by atoms with van der Waals surface area (Å²) in [5.41, 5.74) is 2.55. The van der Waals surface area contributed by atoms with Gasteiger partial charge in [0.2, 0.25) is 0 Å². The number of nitrogens with one attached hydrogen (secondary N) is 1. The summed E-state index contributed by atoms with van der Waals surface area (Å²) in [5.74, 6) is -0.483. The van der Waals surface area contributed by atoms with Crippen LogP contribution < -0.4 is 10.4 Å². The van der Waals surface area contributed by atoms with Crippen molar-refractivity contribution >= 4 is 71.1 Å². The molecule has 0 aliphatic heterocycles. The molecular formula is C25H21Cl2N4O4PS. The molecular weight excluding hydrogens is 554 g/mol. The SMILES string of the molecule is C=C/C=N\c1cc(-c2ccc(-c3cc(NP(=O)(OC)c4ccc(Cl)cc4Cl)c(C(=O)O)s3)cc2)nn1C. The Hall–Kier alpha value is -3.20. The van der Waals surface area contributed by atoms with E-state index in [2.05, 4.69) is 21.8 Å². The first-order chi connectivity index (χ1) is 17.6. The summed E-state index contributed by atoms with van der Waals surface area (Å²) in [4.78, 5) is 16.9. The molecule has 2 aromatic heterocycles. The standard InChI is InChI=1S/C25H21Cl2N4O4PS/c1-4-11-28-23-14-19(29-31(23)2)15-5-7-16(8-6-15)22-13-20(24(37-22)25(32)33)30-36(34,35-3)21-10-9-17(26)12-18(21)27/h4-14H,1H2,2-3H3,(H,30,34)(H,32,33)/b28-11-. The molecule has 0 aliphatic rings. The second kappa shape index (κ2) is 11.0. The van der Waals surface area contributed by atoms with Crippen molar-refractivity contribution in [3.63, 3.8) is 0 Å². The van der Waals surface area contributed by atoms with Gasteiger partial charge in [0.1, 0.15) is 4.88 Å². The summed E-state index contributed by atoms with van der Waals surface area (Å²) >= 11 is 13.3. The van der Waals surface area contributed by atoms with E-state index >= 15 is 0 Å². The van der Waals surface area contributed by atoms with Gasteiger partial charge in [0, 0.05) is 41.9 Å². The fraction of sp³-hybridized carbons (Fsp3) is 0.0800. The number of nitrogens with zero attached hydrogens (tertiary/aromatic N) is 3. The number of aromatic nitrogens is 2. The van der Waals surface area contributed by atoms with Crippen LogP contribution in [0.4, 0.5) is 11.5 Å². The number of carboxylic acids is 1. The van der Waals surface area contributed by atoms with Gasteiger partial charge in [-0.1, -0.05) is 60.1 Å². The number of hydrogen-bond acceptors (Lipinski definition) is 6. The van der Waals surface area contributed by atoms with E-state index < -0.39 is 13.5 Å². The molecule has 2 heterocycles. The zero-order valence-corrected chi connectivity index (χ0v) is 22.9.